The van der Waals surface area contributed by atoms with E-state index in [0.717, 1.165) is 17.9 Å². The van der Waals surface area contributed by atoms with Gasteiger partial charge in [0.1, 0.15) is 11.5 Å². The molecular formula is C19H22O2. The molecule has 0 bridgehead atoms. The molecule has 1 unspecified atom stereocenters. The topological polar surface area (TPSA) is 18.5 Å². The summed E-state index contributed by atoms with van der Waals surface area (Å²) < 4.78 is 10.9. The molecule has 3 rings (SSSR count). The highest BCUT2D eigenvalue weighted by Gasteiger charge is 2.35. The molecule has 0 heterocycles. The molecule has 0 spiro atoms. The van der Waals surface area contributed by atoms with Crippen LogP contribution in [0.3, 0.4) is 0 Å². The number of methoxy groups -OCH3 is 2. The zero-order valence-electron chi connectivity index (χ0n) is 13.4. The van der Waals surface area contributed by atoms with Crippen LogP contribution >= 0.6 is 0 Å². The van der Waals surface area contributed by atoms with E-state index in [1.165, 1.54) is 27.8 Å². The average molecular weight is 282 g/mol. The summed E-state index contributed by atoms with van der Waals surface area (Å²) in [6.45, 7) is 6.60. The molecule has 2 aliphatic carbocycles. The fourth-order valence-corrected chi connectivity index (χ4v) is 3.56. The number of allylic oxidation sites excluding steroid dienone is 4. The summed E-state index contributed by atoms with van der Waals surface area (Å²) in [5.74, 6) is 1.89. The molecule has 2 aliphatic rings. The van der Waals surface area contributed by atoms with Gasteiger partial charge in [-0.15, -0.1) is 0 Å². The molecule has 2 heteroatoms. The molecule has 21 heavy (non-hydrogen) atoms. The summed E-state index contributed by atoms with van der Waals surface area (Å²) >= 11 is 0. The Morgan fingerprint density at radius 1 is 1.05 bits per heavy atom. The molecule has 1 aromatic rings. The van der Waals surface area contributed by atoms with Crippen LogP contribution in [0.5, 0.6) is 5.75 Å². The van der Waals surface area contributed by atoms with E-state index < -0.39 is 0 Å². The van der Waals surface area contributed by atoms with E-state index in [9.17, 15) is 0 Å². The van der Waals surface area contributed by atoms with Gasteiger partial charge in [-0.1, -0.05) is 13.0 Å². The fourth-order valence-electron chi connectivity index (χ4n) is 3.56. The third kappa shape index (κ3) is 2.19. The summed E-state index contributed by atoms with van der Waals surface area (Å²) in [5, 5.41) is 0. The number of benzene rings is 1. The van der Waals surface area contributed by atoms with Gasteiger partial charge in [-0.3, -0.25) is 0 Å². The standard InChI is InChI=1S/C19H22O2/c1-12-6-15(20-4)8-14-10-19(3)11-16(21-5)7-13(2)18(19)9-17(12)14/h6-9,11H,10H2,1-5H3. The Bertz CT molecular complexity index is 692. The molecule has 0 fully saturated rings. The predicted molar refractivity (Wildman–Crippen MR) is 86.4 cm³/mol. The molecule has 0 N–H and O–H groups in total. The Morgan fingerprint density at radius 3 is 2.48 bits per heavy atom. The Hall–Kier alpha value is -1.96. The van der Waals surface area contributed by atoms with Crippen LogP contribution in [-0.2, 0) is 11.2 Å². The first-order valence-electron chi connectivity index (χ1n) is 7.32. The first kappa shape index (κ1) is 14.0. The molecule has 0 saturated heterocycles. The smallest absolute Gasteiger partial charge is 0.119 e. The minimum Gasteiger partial charge on any atom is -0.497 e. The van der Waals surface area contributed by atoms with Crippen LogP contribution < -0.4 is 4.74 Å². The average Bonchev–Trinajstić information content (AvgIpc) is 2.44. The van der Waals surface area contributed by atoms with E-state index in [1.807, 2.05) is 0 Å². The Balaban J connectivity index is 2.18. The lowest BCUT2D eigenvalue weighted by molar-refractivity contribution is 0.294. The van der Waals surface area contributed by atoms with Gasteiger partial charge in [-0.2, -0.15) is 0 Å². The quantitative estimate of drug-likeness (QED) is 0.798. The van der Waals surface area contributed by atoms with Crippen LogP contribution in [-0.4, -0.2) is 14.2 Å². The summed E-state index contributed by atoms with van der Waals surface area (Å²) in [6.07, 6.45) is 7.67. The minimum atomic E-state index is -0.00399. The van der Waals surface area contributed by atoms with E-state index in [1.54, 1.807) is 14.2 Å². The fraction of sp³-hybridized carbons (Fsp3) is 0.368. The van der Waals surface area contributed by atoms with Crippen LogP contribution in [0, 0.1) is 12.3 Å². The normalized spacial score (nSPS) is 23.4. The van der Waals surface area contributed by atoms with E-state index in [4.69, 9.17) is 9.47 Å². The van der Waals surface area contributed by atoms with Crippen molar-refractivity contribution in [2.45, 2.75) is 27.2 Å². The second kappa shape index (κ2) is 4.80. The molecule has 0 saturated carbocycles. The predicted octanol–water partition coefficient (Wildman–Crippen LogP) is 4.44. The maximum atomic E-state index is 5.47. The molecule has 0 amide bonds. The van der Waals surface area contributed by atoms with Crippen LogP contribution in [0.4, 0.5) is 0 Å². The number of hydrogen-bond donors (Lipinski definition) is 0. The monoisotopic (exact) mass is 282 g/mol. The Morgan fingerprint density at radius 2 is 1.81 bits per heavy atom. The molecule has 110 valence electrons. The lowest BCUT2D eigenvalue weighted by Crippen LogP contribution is -2.27. The summed E-state index contributed by atoms with van der Waals surface area (Å²) in [4.78, 5) is 0. The van der Waals surface area contributed by atoms with Gasteiger partial charge in [0.05, 0.1) is 14.2 Å². The lowest BCUT2D eigenvalue weighted by Gasteiger charge is -2.38. The molecule has 2 nitrogen and oxygen atoms in total. The van der Waals surface area contributed by atoms with E-state index in [0.29, 0.717) is 0 Å². The van der Waals surface area contributed by atoms with Gasteiger partial charge in [-0.25, -0.2) is 0 Å². The Labute approximate surface area is 126 Å². The number of hydrogen-bond acceptors (Lipinski definition) is 2. The number of fused-ring (bicyclic) bond motifs is 2. The van der Waals surface area contributed by atoms with Crippen molar-refractivity contribution in [2.24, 2.45) is 5.41 Å². The van der Waals surface area contributed by atoms with Crippen molar-refractivity contribution in [1.82, 2.24) is 0 Å². The molecule has 0 aliphatic heterocycles. The third-order valence-corrected chi connectivity index (χ3v) is 4.62. The van der Waals surface area contributed by atoms with Crippen LogP contribution in [0.25, 0.3) is 6.08 Å². The highest BCUT2D eigenvalue weighted by atomic mass is 16.5. The largest absolute Gasteiger partial charge is 0.497 e. The number of rotatable bonds is 2. The summed E-state index contributed by atoms with van der Waals surface area (Å²) in [7, 11) is 3.46. The Kier molecular flexibility index (Phi) is 3.20. The lowest BCUT2D eigenvalue weighted by atomic mass is 9.67. The zero-order valence-corrected chi connectivity index (χ0v) is 13.4. The summed E-state index contributed by atoms with van der Waals surface area (Å²) in [5.41, 5.74) is 6.63. The van der Waals surface area contributed by atoms with Crippen molar-refractivity contribution in [3.8, 4) is 5.75 Å². The molecule has 0 radical (unpaired) electrons. The highest BCUT2D eigenvalue weighted by molar-refractivity contribution is 5.71. The van der Waals surface area contributed by atoms with Crippen molar-refractivity contribution >= 4 is 6.08 Å². The van der Waals surface area contributed by atoms with Crippen LogP contribution in [0.1, 0.15) is 30.5 Å². The SMILES string of the molecule is COC1=CC2(C)Cc3cc(OC)cc(C)c3C=C2C(C)=C1. The molecule has 0 aromatic heterocycles. The van der Waals surface area contributed by atoms with Gasteiger partial charge in [0.15, 0.2) is 0 Å². The van der Waals surface area contributed by atoms with Gasteiger partial charge in [-0.05, 0) is 72.4 Å². The first-order chi connectivity index (χ1) is 9.96. The molecular weight excluding hydrogens is 260 g/mol. The first-order valence-corrected chi connectivity index (χ1v) is 7.32. The van der Waals surface area contributed by atoms with Crippen molar-refractivity contribution < 1.29 is 9.47 Å². The van der Waals surface area contributed by atoms with Crippen LogP contribution in [0.15, 0.2) is 41.2 Å². The third-order valence-electron chi connectivity index (χ3n) is 4.62. The van der Waals surface area contributed by atoms with Crippen LogP contribution in [0.2, 0.25) is 0 Å². The van der Waals surface area contributed by atoms with Gasteiger partial charge in [0.2, 0.25) is 0 Å². The molecule has 1 atom stereocenters. The van der Waals surface area contributed by atoms with E-state index in [2.05, 4.69) is 51.1 Å². The van der Waals surface area contributed by atoms with Gasteiger partial charge >= 0.3 is 0 Å². The second-order valence-electron chi connectivity index (χ2n) is 6.25. The van der Waals surface area contributed by atoms with Crippen molar-refractivity contribution in [1.29, 1.82) is 0 Å². The maximum Gasteiger partial charge on any atom is 0.119 e. The van der Waals surface area contributed by atoms with Crippen molar-refractivity contribution in [3.05, 3.63) is 57.9 Å². The van der Waals surface area contributed by atoms with E-state index in [-0.39, 0.29) is 5.41 Å². The van der Waals surface area contributed by atoms with Gasteiger partial charge in [0.25, 0.3) is 0 Å². The minimum absolute atomic E-state index is 0.00399. The van der Waals surface area contributed by atoms with Gasteiger partial charge < -0.3 is 9.47 Å². The van der Waals surface area contributed by atoms with Gasteiger partial charge in [0, 0.05) is 5.41 Å². The number of aryl methyl sites for hydroxylation is 1. The summed E-state index contributed by atoms with van der Waals surface area (Å²) in [6, 6.07) is 4.27. The van der Waals surface area contributed by atoms with Crippen molar-refractivity contribution in [3.63, 3.8) is 0 Å². The second-order valence-corrected chi connectivity index (χ2v) is 6.25. The van der Waals surface area contributed by atoms with Crippen molar-refractivity contribution in [2.75, 3.05) is 14.2 Å². The zero-order chi connectivity index (χ0) is 15.2. The number of ether oxygens (including phenoxy) is 2. The van der Waals surface area contributed by atoms with E-state index >= 15 is 0 Å². The maximum absolute atomic E-state index is 5.47. The highest BCUT2D eigenvalue weighted by Crippen LogP contribution is 2.47. The molecule has 1 aromatic carbocycles.